The van der Waals surface area contributed by atoms with Crippen molar-refractivity contribution in [2.24, 2.45) is 5.73 Å². The summed E-state index contributed by atoms with van der Waals surface area (Å²) in [7, 11) is 0. The zero-order chi connectivity index (χ0) is 15.7. The molecule has 1 aromatic carbocycles. The van der Waals surface area contributed by atoms with E-state index in [1.165, 1.54) is 6.08 Å². The van der Waals surface area contributed by atoms with Crippen molar-refractivity contribution in [2.45, 2.75) is 32.7 Å². The molecule has 5 nitrogen and oxygen atoms in total. The van der Waals surface area contributed by atoms with Crippen LogP contribution in [0.2, 0.25) is 0 Å². The Morgan fingerprint density at radius 1 is 1.29 bits per heavy atom. The molecule has 0 aliphatic rings. The summed E-state index contributed by atoms with van der Waals surface area (Å²) in [6, 6.07) is 7.06. The average Bonchev–Trinajstić information content (AvgIpc) is 2.46. The van der Waals surface area contributed by atoms with Crippen LogP contribution in [0.1, 0.15) is 32.3 Å². The number of amides is 1. The molecule has 1 atom stereocenters. The van der Waals surface area contributed by atoms with Crippen LogP contribution in [-0.2, 0) is 14.3 Å². The monoisotopic (exact) mass is 290 g/mol. The second kappa shape index (κ2) is 8.92. The number of benzene rings is 1. The lowest BCUT2D eigenvalue weighted by Gasteiger charge is -2.09. The van der Waals surface area contributed by atoms with Gasteiger partial charge in [-0.3, -0.25) is 4.79 Å². The zero-order valence-electron chi connectivity index (χ0n) is 12.5. The maximum atomic E-state index is 11.7. The van der Waals surface area contributed by atoms with Crippen molar-refractivity contribution in [2.75, 3.05) is 11.9 Å². The first-order chi connectivity index (χ1) is 10.0. The summed E-state index contributed by atoms with van der Waals surface area (Å²) in [6.07, 6.45) is 4.11. The molecule has 0 saturated carbocycles. The van der Waals surface area contributed by atoms with Crippen molar-refractivity contribution < 1.29 is 14.3 Å². The molecule has 1 aromatic rings. The van der Waals surface area contributed by atoms with Crippen molar-refractivity contribution in [3.05, 3.63) is 35.9 Å². The van der Waals surface area contributed by atoms with Crippen molar-refractivity contribution >= 4 is 23.6 Å². The molecule has 0 fully saturated rings. The molecule has 0 aromatic heterocycles. The summed E-state index contributed by atoms with van der Waals surface area (Å²) in [5.74, 6) is -0.470. The maximum absolute atomic E-state index is 11.7. The molecule has 3 N–H and O–H groups in total. The highest BCUT2D eigenvalue weighted by atomic mass is 16.5. The number of nitrogens with one attached hydrogen (secondary N) is 1. The summed E-state index contributed by atoms with van der Waals surface area (Å²) < 4.78 is 4.79. The van der Waals surface area contributed by atoms with Gasteiger partial charge in [0.05, 0.1) is 6.61 Å². The minimum atomic E-state index is -0.372. The highest BCUT2D eigenvalue weighted by molar-refractivity contribution is 5.91. The SMILES string of the molecule is CCOC(=O)/C=C/c1ccc(NC(=O)CC(N)CC)cc1. The van der Waals surface area contributed by atoms with Crippen molar-refractivity contribution in [3.63, 3.8) is 0 Å². The first-order valence-electron chi connectivity index (χ1n) is 7.05. The number of hydrogen-bond donors (Lipinski definition) is 2. The lowest BCUT2D eigenvalue weighted by molar-refractivity contribution is -0.137. The lowest BCUT2D eigenvalue weighted by atomic mass is 10.1. The van der Waals surface area contributed by atoms with E-state index < -0.39 is 0 Å². The van der Waals surface area contributed by atoms with E-state index in [4.69, 9.17) is 10.5 Å². The van der Waals surface area contributed by atoms with Crippen LogP contribution in [-0.4, -0.2) is 24.5 Å². The number of carbonyl (C=O) groups is 2. The number of esters is 1. The molecule has 0 radical (unpaired) electrons. The Morgan fingerprint density at radius 3 is 2.52 bits per heavy atom. The minimum absolute atomic E-state index is 0.0980. The lowest BCUT2D eigenvalue weighted by Crippen LogP contribution is -2.26. The van der Waals surface area contributed by atoms with E-state index in [0.717, 1.165) is 12.0 Å². The van der Waals surface area contributed by atoms with E-state index in [1.54, 1.807) is 25.1 Å². The summed E-state index contributed by atoms with van der Waals surface area (Å²) in [6.45, 7) is 4.06. The Hall–Kier alpha value is -2.14. The van der Waals surface area contributed by atoms with Gasteiger partial charge in [-0.05, 0) is 37.1 Å². The Bertz CT molecular complexity index is 495. The average molecular weight is 290 g/mol. The van der Waals surface area contributed by atoms with Gasteiger partial charge in [0.2, 0.25) is 5.91 Å². The van der Waals surface area contributed by atoms with Crippen LogP contribution in [0.15, 0.2) is 30.3 Å². The number of carbonyl (C=O) groups excluding carboxylic acids is 2. The van der Waals surface area contributed by atoms with Crippen LogP contribution in [0.25, 0.3) is 6.08 Å². The molecule has 0 saturated heterocycles. The summed E-state index contributed by atoms with van der Waals surface area (Å²) >= 11 is 0. The molecule has 5 heteroatoms. The van der Waals surface area contributed by atoms with Crippen LogP contribution in [0.5, 0.6) is 0 Å². The van der Waals surface area contributed by atoms with Gasteiger partial charge < -0.3 is 15.8 Å². The van der Waals surface area contributed by atoms with Gasteiger partial charge in [-0.25, -0.2) is 4.79 Å². The molecule has 0 spiro atoms. The van der Waals surface area contributed by atoms with E-state index >= 15 is 0 Å². The van der Waals surface area contributed by atoms with Gasteiger partial charge in [-0.2, -0.15) is 0 Å². The van der Waals surface area contributed by atoms with Crippen molar-refractivity contribution in [1.82, 2.24) is 0 Å². The first-order valence-corrected chi connectivity index (χ1v) is 7.05. The highest BCUT2D eigenvalue weighted by Gasteiger charge is 2.07. The van der Waals surface area contributed by atoms with E-state index in [2.05, 4.69) is 5.32 Å². The molecule has 0 bridgehead atoms. The van der Waals surface area contributed by atoms with Crippen LogP contribution < -0.4 is 11.1 Å². The first kappa shape index (κ1) is 16.9. The molecule has 1 rings (SSSR count). The summed E-state index contributed by atoms with van der Waals surface area (Å²) in [5, 5.41) is 2.78. The molecule has 0 aliphatic heterocycles. The molecule has 0 aliphatic carbocycles. The predicted molar refractivity (Wildman–Crippen MR) is 83.6 cm³/mol. The second-order valence-corrected chi connectivity index (χ2v) is 4.63. The number of hydrogen-bond acceptors (Lipinski definition) is 4. The third-order valence-electron chi connectivity index (χ3n) is 2.86. The van der Waals surface area contributed by atoms with E-state index in [1.807, 2.05) is 19.1 Å². The topological polar surface area (TPSA) is 81.4 Å². The van der Waals surface area contributed by atoms with Gasteiger partial charge in [0.1, 0.15) is 0 Å². The van der Waals surface area contributed by atoms with Crippen LogP contribution in [0, 0.1) is 0 Å². The number of ether oxygens (including phenoxy) is 1. The predicted octanol–water partition coefficient (Wildman–Crippen LogP) is 2.33. The number of anilines is 1. The highest BCUT2D eigenvalue weighted by Crippen LogP contribution is 2.11. The fourth-order valence-electron chi connectivity index (χ4n) is 1.63. The zero-order valence-corrected chi connectivity index (χ0v) is 12.5. The summed E-state index contributed by atoms with van der Waals surface area (Å²) in [4.78, 5) is 22.9. The van der Waals surface area contributed by atoms with Gasteiger partial charge in [0, 0.05) is 24.2 Å². The molecule has 1 amide bonds. The van der Waals surface area contributed by atoms with Gasteiger partial charge >= 0.3 is 5.97 Å². The third kappa shape index (κ3) is 6.72. The van der Waals surface area contributed by atoms with Gasteiger partial charge in [0.15, 0.2) is 0 Å². The Kier molecular flexibility index (Phi) is 7.18. The smallest absolute Gasteiger partial charge is 0.330 e. The van der Waals surface area contributed by atoms with Crippen LogP contribution in [0.4, 0.5) is 5.69 Å². The summed E-state index contributed by atoms with van der Waals surface area (Å²) in [5.41, 5.74) is 7.29. The fraction of sp³-hybridized carbons (Fsp3) is 0.375. The van der Waals surface area contributed by atoms with E-state index in [-0.39, 0.29) is 17.9 Å². The number of nitrogens with two attached hydrogens (primary N) is 1. The van der Waals surface area contributed by atoms with E-state index in [9.17, 15) is 9.59 Å². The quantitative estimate of drug-likeness (QED) is 0.596. The van der Waals surface area contributed by atoms with Crippen molar-refractivity contribution in [1.29, 1.82) is 0 Å². The molecule has 0 heterocycles. The fourth-order valence-corrected chi connectivity index (χ4v) is 1.63. The molecule has 21 heavy (non-hydrogen) atoms. The molecule has 114 valence electrons. The van der Waals surface area contributed by atoms with Crippen molar-refractivity contribution in [3.8, 4) is 0 Å². The standard InChI is InChI=1S/C16H22N2O3/c1-3-13(17)11-15(19)18-14-8-5-12(6-9-14)7-10-16(20)21-4-2/h5-10,13H,3-4,11,17H2,1-2H3,(H,18,19)/b10-7+. The van der Waals surface area contributed by atoms with Crippen LogP contribution >= 0.6 is 0 Å². The van der Waals surface area contributed by atoms with Gasteiger partial charge in [0.25, 0.3) is 0 Å². The molecule has 1 unspecified atom stereocenters. The van der Waals surface area contributed by atoms with Gasteiger partial charge in [-0.1, -0.05) is 19.1 Å². The Morgan fingerprint density at radius 2 is 1.95 bits per heavy atom. The normalized spacial score (nSPS) is 12.1. The largest absolute Gasteiger partial charge is 0.463 e. The third-order valence-corrected chi connectivity index (χ3v) is 2.86. The van der Waals surface area contributed by atoms with Crippen LogP contribution in [0.3, 0.4) is 0 Å². The second-order valence-electron chi connectivity index (χ2n) is 4.63. The van der Waals surface area contributed by atoms with Gasteiger partial charge in [-0.15, -0.1) is 0 Å². The Labute approximate surface area is 125 Å². The minimum Gasteiger partial charge on any atom is -0.463 e. The molecular formula is C16H22N2O3. The Balaban J connectivity index is 2.54. The molecular weight excluding hydrogens is 268 g/mol. The maximum Gasteiger partial charge on any atom is 0.330 e. The number of rotatable bonds is 7. The van der Waals surface area contributed by atoms with E-state index in [0.29, 0.717) is 18.7 Å².